The average Bonchev–Trinajstić information content (AvgIpc) is 2.94. The molecule has 24 heavy (non-hydrogen) atoms. The number of halogens is 1. The van der Waals surface area contributed by atoms with Crippen molar-refractivity contribution < 1.29 is 4.39 Å². The van der Waals surface area contributed by atoms with Crippen LogP contribution in [0.3, 0.4) is 0 Å². The number of hydrogen-bond donors (Lipinski definition) is 2. The molecule has 5 nitrogen and oxygen atoms in total. The quantitative estimate of drug-likeness (QED) is 0.858. The minimum absolute atomic E-state index is 0.156. The van der Waals surface area contributed by atoms with Gasteiger partial charge in [-0.05, 0) is 31.1 Å². The molecule has 1 fully saturated rings. The van der Waals surface area contributed by atoms with Gasteiger partial charge in [0.2, 0.25) is 0 Å². The van der Waals surface area contributed by atoms with Crippen molar-refractivity contribution in [3.63, 3.8) is 0 Å². The Balaban J connectivity index is 1.74. The highest BCUT2D eigenvalue weighted by atomic mass is 32.2. The van der Waals surface area contributed by atoms with Crippen LogP contribution >= 0.6 is 11.8 Å². The molecule has 1 saturated heterocycles. The fourth-order valence-electron chi connectivity index (χ4n) is 3.40. The van der Waals surface area contributed by atoms with Crippen LogP contribution in [0, 0.1) is 0 Å². The fourth-order valence-corrected chi connectivity index (χ4v) is 4.36. The lowest BCUT2D eigenvalue weighted by Crippen LogP contribution is -2.43. The molecule has 1 unspecified atom stereocenters. The van der Waals surface area contributed by atoms with Crippen LogP contribution in [0.15, 0.2) is 53.2 Å². The van der Waals surface area contributed by atoms with Crippen molar-refractivity contribution in [1.82, 2.24) is 4.98 Å². The van der Waals surface area contributed by atoms with E-state index in [0.717, 1.165) is 47.9 Å². The van der Waals surface area contributed by atoms with Gasteiger partial charge in [0.1, 0.15) is 5.83 Å². The van der Waals surface area contributed by atoms with Gasteiger partial charge in [0.15, 0.2) is 0 Å². The Bertz CT molecular complexity index is 744. The topological polar surface area (TPSA) is 71.4 Å². The zero-order valence-electron chi connectivity index (χ0n) is 13.2. The van der Waals surface area contributed by atoms with Gasteiger partial charge in [0, 0.05) is 36.4 Å². The highest BCUT2D eigenvalue weighted by molar-refractivity contribution is 8.04. The second-order valence-corrected chi connectivity index (χ2v) is 7.46. The number of rotatable bonds is 2. The van der Waals surface area contributed by atoms with Crippen molar-refractivity contribution in [2.75, 3.05) is 22.9 Å². The van der Waals surface area contributed by atoms with E-state index in [0.29, 0.717) is 0 Å². The Kier molecular flexibility index (Phi) is 4.07. The number of nitrogens with zero attached hydrogens (tertiary/aromatic N) is 3. The van der Waals surface area contributed by atoms with E-state index in [9.17, 15) is 4.39 Å². The molecule has 3 aliphatic heterocycles. The lowest BCUT2D eigenvalue weighted by Gasteiger charge is -2.36. The first-order chi connectivity index (χ1) is 11.6. The van der Waals surface area contributed by atoms with E-state index >= 15 is 0 Å². The number of aromatic nitrogens is 1. The summed E-state index contributed by atoms with van der Waals surface area (Å²) in [6.07, 6.45) is 10.6. The Labute approximate surface area is 144 Å². The van der Waals surface area contributed by atoms with Crippen molar-refractivity contribution >= 4 is 23.1 Å². The predicted octanol–water partition coefficient (Wildman–Crippen LogP) is 2.44. The molecule has 4 heterocycles. The highest BCUT2D eigenvalue weighted by Gasteiger charge is 2.30. The van der Waals surface area contributed by atoms with Gasteiger partial charge in [-0.3, -0.25) is 4.98 Å². The first-order valence-corrected chi connectivity index (χ1v) is 8.97. The van der Waals surface area contributed by atoms with Crippen molar-refractivity contribution in [2.24, 2.45) is 11.5 Å². The average molecular weight is 345 g/mol. The summed E-state index contributed by atoms with van der Waals surface area (Å²) in [5.74, 6) is -0.283. The molecular weight excluding hydrogens is 325 g/mol. The molecule has 0 amide bonds. The third-order valence-electron chi connectivity index (χ3n) is 4.45. The molecule has 0 aliphatic carbocycles. The van der Waals surface area contributed by atoms with Crippen LogP contribution < -0.4 is 21.3 Å². The summed E-state index contributed by atoms with van der Waals surface area (Å²) in [5.41, 5.74) is 14.9. The smallest absolute Gasteiger partial charge is 0.140 e. The fraction of sp³-hybridized carbons (Fsp3) is 0.353. The van der Waals surface area contributed by atoms with Gasteiger partial charge in [-0.1, -0.05) is 0 Å². The predicted molar refractivity (Wildman–Crippen MR) is 97.1 cm³/mol. The summed E-state index contributed by atoms with van der Waals surface area (Å²) in [5, 5.41) is -0.156. The molecule has 0 bridgehead atoms. The number of fused-ring (bicyclic) bond motifs is 1. The van der Waals surface area contributed by atoms with E-state index in [1.54, 1.807) is 12.4 Å². The highest BCUT2D eigenvalue weighted by Crippen LogP contribution is 2.44. The van der Waals surface area contributed by atoms with E-state index in [1.807, 2.05) is 17.0 Å². The van der Waals surface area contributed by atoms with Crippen molar-refractivity contribution in [1.29, 1.82) is 0 Å². The van der Waals surface area contributed by atoms with Gasteiger partial charge in [0.25, 0.3) is 0 Å². The van der Waals surface area contributed by atoms with Gasteiger partial charge in [0.05, 0.1) is 28.6 Å². The molecule has 1 aromatic rings. The second kappa shape index (κ2) is 6.23. The van der Waals surface area contributed by atoms with Crippen molar-refractivity contribution in [3.8, 4) is 0 Å². The maximum atomic E-state index is 14.1. The zero-order chi connectivity index (χ0) is 16.7. The van der Waals surface area contributed by atoms with Gasteiger partial charge < -0.3 is 21.3 Å². The van der Waals surface area contributed by atoms with Crippen LogP contribution in [0.25, 0.3) is 0 Å². The second-order valence-electron chi connectivity index (χ2n) is 6.24. The molecule has 0 aromatic carbocycles. The van der Waals surface area contributed by atoms with E-state index < -0.39 is 0 Å². The molecule has 0 radical (unpaired) electrons. The minimum atomic E-state index is -0.283. The van der Waals surface area contributed by atoms with Crippen LogP contribution in [0.4, 0.5) is 15.8 Å². The summed E-state index contributed by atoms with van der Waals surface area (Å²) < 4.78 is 14.1. The SMILES string of the molecule is NC1C=C2C(=CC(F)=CN2c2cnccc2N2CCC[C@H](N)C2)S1. The molecule has 2 atom stereocenters. The number of nitrogens with two attached hydrogens (primary N) is 2. The monoisotopic (exact) mass is 345 g/mol. The standard InChI is InChI=1S/C17H20FN5S/c18-11-6-16-14(7-17(20)24-16)23(9-11)15-8-21-4-3-13(15)22-5-1-2-12(19)10-22/h3-4,6-9,12,17H,1-2,5,10,19-20H2/t12-,17?/m0/s1. The number of thioether (sulfide) groups is 1. The number of hydrogen-bond acceptors (Lipinski definition) is 6. The molecule has 0 spiro atoms. The molecule has 4 rings (SSSR count). The van der Waals surface area contributed by atoms with E-state index in [-0.39, 0.29) is 17.2 Å². The number of pyridine rings is 1. The van der Waals surface area contributed by atoms with Crippen LogP contribution in [-0.4, -0.2) is 29.5 Å². The van der Waals surface area contributed by atoms with Gasteiger partial charge in [-0.15, -0.1) is 11.8 Å². The lowest BCUT2D eigenvalue weighted by molar-refractivity contribution is 0.506. The van der Waals surface area contributed by atoms with Crippen molar-refractivity contribution in [3.05, 3.63) is 53.2 Å². The normalized spacial score (nSPS) is 26.7. The third kappa shape index (κ3) is 2.83. The number of anilines is 2. The Morgan fingerprint density at radius 2 is 2.17 bits per heavy atom. The van der Waals surface area contributed by atoms with Gasteiger partial charge >= 0.3 is 0 Å². The summed E-state index contributed by atoms with van der Waals surface area (Å²) in [7, 11) is 0. The van der Waals surface area contributed by atoms with E-state index in [1.165, 1.54) is 24.0 Å². The van der Waals surface area contributed by atoms with Crippen LogP contribution in [-0.2, 0) is 0 Å². The molecule has 1 aromatic heterocycles. The van der Waals surface area contributed by atoms with Crippen LogP contribution in [0.2, 0.25) is 0 Å². The summed E-state index contributed by atoms with van der Waals surface area (Å²) >= 11 is 1.46. The Hall–Kier alpha value is -1.83. The molecule has 4 N–H and O–H groups in total. The summed E-state index contributed by atoms with van der Waals surface area (Å²) in [6, 6.07) is 2.14. The minimum Gasteiger partial charge on any atom is -0.368 e. The molecule has 126 valence electrons. The maximum Gasteiger partial charge on any atom is 0.140 e. The van der Waals surface area contributed by atoms with Gasteiger partial charge in [-0.2, -0.15) is 0 Å². The summed E-state index contributed by atoms with van der Waals surface area (Å²) in [6.45, 7) is 1.74. The van der Waals surface area contributed by atoms with Crippen molar-refractivity contribution in [2.45, 2.75) is 24.3 Å². The zero-order valence-corrected chi connectivity index (χ0v) is 14.0. The van der Waals surface area contributed by atoms with Crippen LogP contribution in [0.5, 0.6) is 0 Å². The largest absolute Gasteiger partial charge is 0.368 e. The maximum absolute atomic E-state index is 14.1. The van der Waals surface area contributed by atoms with E-state index in [4.69, 9.17) is 11.5 Å². The van der Waals surface area contributed by atoms with Gasteiger partial charge in [-0.25, -0.2) is 4.39 Å². The molecule has 7 heteroatoms. The molecular formula is C17H20FN5S. The molecule has 3 aliphatic rings. The number of allylic oxidation sites excluding steroid dienone is 2. The Morgan fingerprint density at radius 3 is 3.00 bits per heavy atom. The first kappa shape index (κ1) is 15.7. The lowest BCUT2D eigenvalue weighted by atomic mass is 10.1. The Morgan fingerprint density at radius 1 is 1.29 bits per heavy atom. The summed E-state index contributed by atoms with van der Waals surface area (Å²) in [4.78, 5) is 9.23. The molecule has 0 saturated carbocycles. The van der Waals surface area contributed by atoms with Crippen LogP contribution in [0.1, 0.15) is 12.8 Å². The van der Waals surface area contributed by atoms with E-state index in [2.05, 4.69) is 9.88 Å². The third-order valence-corrected chi connectivity index (χ3v) is 5.44. The first-order valence-electron chi connectivity index (χ1n) is 8.09. The number of piperidine rings is 1.